The van der Waals surface area contributed by atoms with Gasteiger partial charge in [0.1, 0.15) is 17.0 Å². The van der Waals surface area contributed by atoms with Crippen LogP contribution in [0.25, 0.3) is 0 Å². The number of benzene rings is 2. The van der Waals surface area contributed by atoms with E-state index in [2.05, 4.69) is 0 Å². The zero-order chi connectivity index (χ0) is 17.5. The normalized spacial score (nSPS) is 25.7. The van der Waals surface area contributed by atoms with Crippen molar-refractivity contribution in [3.63, 3.8) is 0 Å². The SMILES string of the molecule is Cc1ccc(S(=O)(=O)[C@@H]2[C@H](c3ccc(Cl)cc3)[C@]2(C#N)C=O)cc1. The van der Waals surface area contributed by atoms with Gasteiger partial charge in [-0.2, -0.15) is 5.26 Å². The Bertz CT molecular complexity index is 930. The van der Waals surface area contributed by atoms with E-state index in [0.717, 1.165) is 5.56 Å². The molecule has 0 saturated heterocycles. The first kappa shape index (κ1) is 16.7. The summed E-state index contributed by atoms with van der Waals surface area (Å²) in [6.07, 6.45) is 0.461. The average molecular weight is 360 g/mol. The van der Waals surface area contributed by atoms with E-state index in [1.807, 2.05) is 13.0 Å². The molecule has 24 heavy (non-hydrogen) atoms. The maximum absolute atomic E-state index is 13.0. The lowest BCUT2D eigenvalue weighted by atomic mass is 10.0. The molecule has 0 aromatic heterocycles. The second kappa shape index (κ2) is 5.73. The number of rotatable bonds is 4. The third kappa shape index (κ3) is 2.43. The summed E-state index contributed by atoms with van der Waals surface area (Å²) in [6.45, 7) is 1.86. The Hall–Kier alpha value is -2.16. The Morgan fingerprint density at radius 2 is 1.71 bits per heavy atom. The van der Waals surface area contributed by atoms with E-state index in [4.69, 9.17) is 11.6 Å². The standard InChI is InChI=1S/C18H14ClNO3S/c1-12-2-8-15(9-3-12)24(22,23)17-16(18(17,10-20)11-21)13-4-6-14(19)7-5-13/h2-9,11,16-17H,1H3/t16-,17+,18-/m0/s1. The van der Waals surface area contributed by atoms with Crippen LogP contribution in [0.3, 0.4) is 0 Å². The van der Waals surface area contributed by atoms with Crippen LogP contribution in [-0.2, 0) is 14.6 Å². The highest BCUT2D eigenvalue weighted by molar-refractivity contribution is 7.92. The van der Waals surface area contributed by atoms with Crippen LogP contribution < -0.4 is 0 Å². The van der Waals surface area contributed by atoms with Gasteiger partial charge in [0.15, 0.2) is 9.84 Å². The first-order valence-corrected chi connectivity index (χ1v) is 9.23. The highest BCUT2D eigenvalue weighted by Crippen LogP contribution is 2.62. The minimum absolute atomic E-state index is 0.121. The van der Waals surface area contributed by atoms with E-state index in [9.17, 15) is 18.5 Å². The van der Waals surface area contributed by atoms with Gasteiger partial charge in [-0.25, -0.2) is 8.42 Å². The molecule has 122 valence electrons. The lowest BCUT2D eigenvalue weighted by Crippen LogP contribution is -2.16. The second-order valence-corrected chi connectivity index (χ2v) is 8.48. The van der Waals surface area contributed by atoms with Crippen molar-refractivity contribution in [3.05, 3.63) is 64.7 Å². The van der Waals surface area contributed by atoms with Crippen molar-refractivity contribution in [2.24, 2.45) is 5.41 Å². The van der Waals surface area contributed by atoms with Gasteiger partial charge >= 0.3 is 0 Å². The van der Waals surface area contributed by atoms with Gasteiger partial charge in [0, 0.05) is 10.9 Å². The van der Waals surface area contributed by atoms with Gasteiger partial charge < -0.3 is 4.79 Å². The van der Waals surface area contributed by atoms with Crippen molar-refractivity contribution in [2.45, 2.75) is 23.0 Å². The minimum atomic E-state index is -3.81. The van der Waals surface area contributed by atoms with E-state index in [1.54, 1.807) is 36.4 Å². The van der Waals surface area contributed by atoms with Crippen LogP contribution in [0.15, 0.2) is 53.4 Å². The summed E-state index contributed by atoms with van der Waals surface area (Å²) >= 11 is 5.86. The molecule has 0 bridgehead atoms. The quantitative estimate of drug-likeness (QED) is 0.785. The lowest BCUT2D eigenvalue weighted by Gasteiger charge is -2.05. The Morgan fingerprint density at radius 1 is 1.12 bits per heavy atom. The van der Waals surface area contributed by atoms with Gasteiger partial charge in [0.25, 0.3) is 0 Å². The van der Waals surface area contributed by atoms with Crippen molar-refractivity contribution in [1.29, 1.82) is 5.26 Å². The third-order valence-electron chi connectivity index (χ3n) is 4.48. The highest BCUT2D eigenvalue weighted by atomic mass is 35.5. The van der Waals surface area contributed by atoms with Crippen LogP contribution in [0, 0.1) is 23.7 Å². The summed E-state index contributed by atoms with van der Waals surface area (Å²) < 4.78 is 25.9. The van der Waals surface area contributed by atoms with E-state index < -0.39 is 26.4 Å². The maximum Gasteiger partial charge on any atom is 0.183 e. The second-order valence-electron chi connectivity index (χ2n) is 5.97. The van der Waals surface area contributed by atoms with Gasteiger partial charge in [-0.15, -0.1) is 0 Å². The molecule has 2 aromatic carbocycles. The van der Waals surface area contributed by atoms with Crippen molar-refractivity contribution in [3.8, 4) is 6.07 Å². The topological polar surface area (TPSA) is 75.0 Å². The summed E-state index contributed by atoms with van der Waals surface area (Å²) in [5.74, 6) is -0.691. The lowest BCUT2D eigenvalue weighted by molar-refractivity contribution is -0.110. The number of aldehydes is 1. The minimum Gasteiger partial charge on any atom is -0.302 e. The summed E-state index contributed by atoms with van der Waals surface area (Å²) in [5, 5.41) is 8.91. The van der Waals surface area contributed by atoms with Crippen LogP contribution in [-0.4, -0.2) is 20.0 Å². The monoisotopic (exact) mass is 359 g/mol. The van der Waals surface area contributed by atoms with E-state index in [0.29, 0.717) is 16.9 Å². The molecule has 2 aromatic rings. The summed E-state index contributed by atoms with van der Waals surface area (Å²) in [5.41, 5.74) is -0.00737. The number of nitrogens with zero attached hydrogens (tertiary/aromatic N) is 1. The molecule has 0 amide bonds. The van der Waals surface area contributed by atoms with Gasteiger partial charge in [0.05, 0.1) is 11.0 Å². The summed E-state index contributed by atoms with van der Waals surface area (Å²) in [7, 11) is -3.81. The van der Waals surface area contributed by atoms with Crippen LogP contribution in [0.5, 0.6) is 0 Å². The van der Waals surface area contributed by atoms with Crippen LogP contribution in [0.4, 0.5) is 0 Å². The van der Waals surface area contributed by atoms with Gasteiger partial charge in [-0.1, -0.05) is 41.4 Å². The fourth-order valence-corrected chi connectivity index (χ4v) is 5.47. The largest absolute Gasteiger partial charge is 0.302 e. The smallest absolute Gasteiger partial charge is 0.183 e. The molecule has 1 aliphatic carbocycles. The van der Waals surface area contributed by atoms with E-state index in [-0.39, 0.29) is 4.90 Å². The summed E-state index contributed by atoms with van der Waals surface area (Å²) in [4.78, 5) is 11.7. The number of sulfone groups is 1. The molecule has 1 fully saturated rings. The third-order valence-corrected chi connectivity index (χ3v) is 6.99. The number of carbonyl (C=O) groups is 1. The molecule has 0 aliphatic heterocycles. The zero-order valence-corrected chi connectivity index (χ0v) is 14.4. The Labute approximate surface area is 145 Å². The molecule has 4 nitrogen and oxygen atoms in total. The number of hydrogen-bond donors (Lipinski definition) is 0. The Morgan fingerprint density at radius 3 is 2.21 bits per heavy atom. The highest BCUT2D eigenvalue weighted by Gasteiger charge is 2.72. The Balaban J connectivity index is 2.08. The van der Waals surface area contributed by atoms with Crippen molar-refractivity contribution in [1.82, 2.24) is 0 Å². The van der Waals surface area contributed by atoms with Crippen LogP contribution >= 0.6 is 11.6 Å². The van der Waals surface area contributed by atoms with Crippen molar-refractivity contribution < 1.29 is 13.2 Å². The van der Waals surface area contributed by atoms with Gasteiger partial charge in [-0.05, 0) is 36.8 Å². The molecule has 6 heteroatoms. The number of carbonyl (C=O) groups excluding carboxylic acids is 1. The fraction of sp³-hybridized carbons (Fsp3) is 0.222. The first-order chi connectivity index (χ1) is 11.4. The molecule has 0 radical (unpaired) electrons. The number of nitriles is 1. The van der Waals surface area contributed by atoms with E-state index in [1.165, 1.54) is 12.1 Å². The molecular weight excluding hydrogens is 346 g/mol. The molecule has 0 N–H and O–H groups in total. The van der Waals surface area contributed by atoms with Crippen LogP contribution in [0.1, 0.15) is 17.0 Å². The first-order valence-electron chi connectivity index (χ1n) is 7.30. The molecule has 0 heterocycles. The molecule has 1 saturated carbocycles. The number of aryl methyl sites for hydroxylation is 1. The molecule has 3 rings (SSSR count). The Kier molecular flexibility index (Phi) is 3.98. The maximum atomic E-state index is 13.0. The summed E-state index contributed by atoms with van der Waals surface area (Å²) in [6, 6.07) is 14.9. The molecule has 0 spiro atoms. The molecule has 0 unspecified atom stereocenters. The van der Waals surface area contributed by atoms with Gasteiger partial charge in [0.2, 0.25) is 0 Å². The predicted molar refractivity (Wildman–Crippen MR) is 90.5 cm³/mol. The van der Waals surface area contributed by atoms with Crippen molar-refractivity contribution in [2.75, 3.05) is 0 Å². The number of hydrogen-bond acceptors (Lipinski definition) is 4. The molecular formula is C18H14ClNO3S. The fourth-order valence-electron chi connectivity index (χ4n) is 3.11. The molecule has 3 atom stereocenters. The van der Waals surface area contributed by atoms with Gasteiger partial charge in [-0.3, -0.25) is 0 Å². The van der Waals surface area contributed by atoms with Crippen molar-refractivity contribution >= 4 is 27.7 Å². The number of halogens is 1. The van der Waals surface area contributed by atoms with E-state index >= 15 is 0 Å². The predicted octanol–water partition coefficient (Wildman–Crippen LogP) is 3.30. The molecule has 1 aliphatic rings. The average Bonchev–Trinajstić information content (AvgIpc) is 3.26. The zero-order valence-electron chi connectivity index (χ0n) is 12.8. The van der Waals surface area contributed by atoms with Crippen LogP contribution in [0.2, 0.25) is 5.02 Å².